The van der Waals surface area contributed by atoms with Crippen molar-refractivity contribution in [1.82, 2.24) is 10.1 Å². The minimum atomic E-state index is -0.106. The summed E-state index contributed by atoms with van der Waals surface area (Å²) >= 11 is 0. The predicted molar refractivity (Wildman–Crippen MR) is 82.4 cm³/mol. The third-order valence-corrected chi connectivity index (χ3v) is 3.34. The van der Waals surface area contributed by atoms with Crippen LogP contribution in [0.4, 0.5) is 5.69 Å². The summed E-state index contributed by atoms with van der Waals surface area (Å²) in [4.78, 5) is 16.2. The molecule has 1 aromatic heterocycles. The number of nitrogens with zero attached hydrogens (tertiary/aromatic N) is 3. The molecule has 1 amide bonds. The standard InChI is InChI=1S/C16H21N3O2/c1-5-19(16(20)15-10-12(2)21-17-15)11-13-6-8-14(9-7-13)18(3)4/h6-10H,5,11H2,1-4H3. The summed E-state index contributed by atoms with van der Waals surface area (Å²) in [6.07, 6.45) is 0. The second-order valence-electron chi connectivity index (χ2n) is 5.20. The lowest BCUT2D eigenvalue weighted by atomic mass is 10.2. The van der Waals surface area contributed by atoms with Crippen molar-refractivity contribution in [2.24, 2.45) is 0 Å². The monoisotopic (exact) mass is 287 g/mol. The molecule has 5 heteroatoms. The third kappa shape index (κ3) is 3.62. The van der Waals surface area contributed by atoms with Gasteiger partial charge in [-0.3, -0.25) is 4.79 Å². The quantitative estimate of drug-likeness (QED) is 0.848. The van der Waals surface area contributed by atoms with Gasteiger partial charge in [-0.2, -0.15) is 0 Å². The van der Waals surface area contributed by atoms with Crippen LogP contribution in [-0.2, 0) is 6.54 Å². The average molecular weight is 287 g/mol. The van der Waals surface area contributed by atoms with Gasteiger partial charge in [0.25, 0.3) is 5.91 Å². The minimum absolute atomic E-state index is 0.106. The van der Waals surface area contributed by atoms with Crippen molar-refractivity contribution in [3.05, 3.63) is 47.3 Å². The summed E-state index contributed by atoms with van der Waals surface area (Å²) in [5, 5.41) is 3.79. The molecule has 2 rings (SSSR count). The fourth-order valence-corrected chi connectivity index (χ4v) is 2.08. The van der Waals surface area contributed by atoms with Crippen molar-refractivity contribution < 1.29 is 9.32 Å². The molecule has 5 nitrogen and oxygen atoms in total. The lowest BCUT2D eigenvalue weighted by Gasteiger charge is -2.20. The minimum Gasteiger partial charge on any atom is -0.378 e. The molecule has 2 aromatic rings. The maximum Gasteiger partial charge on any atom is 0.276 e. The second kappa shape index (κ2) is 6.43. The van der Waals surface area contributed by atoms with E-state index in [9.17, 15) is 4.79 Å². The van der Waals surface area contributed by atoms with Gasteiger partial charge in [0.2, 0.25) is 0 Å². The van der Waals surface area contributed by atoms with Crippen molar-refractivity contribution in [3.8, 4) is 0 Å². The number of aryl methyl sites for hydroxylation is 1. The molecular weight excluding hydrogens is 266 g/mol. The Bertz CT molecular complexity index is 602. The second-order valence-corrected chi connectivity index (χ2v) is 5.20. The highest BCUT2D eigenvalue weighted by molar-refractivity contribution is 5.92. The number of carbonyl (C=O) groups excluding carboxylic acids is 1. The first kappa shape index (κ1) is 15.1. The molecule has 0 spiro atoms. The van der Waals surface area contributed by atoms with Crippen LogP contribution >= 0.6 is 0 Å². The molecule has 0 unspecified atom stereocenters. The van der Waals surface area contributed by atoms with E-state index in [0.717, 1.165) is 11.3 Å². The van der Waals surface area contributed by atoms with Gasteiger partial charge < -0.3 is 14.3 Å². The Labute approximate surface area is 125 Å². The van der Waals surface area contributed by atoms with Crippen molar-refractivity contribution in [3.63, 3.8) is 0 Å². The molecule has 0 fully saturated rings. The zero-order valence-electron chi connectivity index (χ0n) is 13.0. The van der Waals surface area contributed by atoms with Crippen LogP contribution in [-0.4, -0.2) is 36.6 Å². The van der Waals surface area contributed by atoms with Crippen LogP contribution in [0.5, 0.6) is 0 Å². The van der Waals surface area contributed by atoms with Crippen LogP contribution in [0.25, 0.3) is 0 Å². The molecule has 0 aliphatic rings. The number of carbonyl (C=O) groups is 1. The molecule has 0 radical (unpaired) electrons. The van der Waals surface area contributed by atoms with Gasteiger partial charge in [-0.25, -0.2) is 0 Å². The predicted octanol–water partition coefficient (Wildman–Crippen LogP) is 2.71. The SMILES string of the molecule is CCN(Cc1ccc(N(C)C)cc1)C(=O)c1cc(C)on1. The van der Waals surface area contributed by atoms with Crippen LogP contribution in [0, 0.1) is 6.92 Å². The first-order valence-electron chi connectivity index (χ1n) is 7.00. The molecular formula is C16H21N3O2. The maximum absolute atomic E-state index is 12.4. The molecule has 112 valence electrons. The van der Waals surface area contributed by atoms with E-state index in [-0.39, 0.29) is 5.91 Å². The number of amides is 1. The fourth-order valence-electron chi connectivity index (χ4n) is 2.08. The van der Waals surface area contributed by atoms with Crippen LogP contribution in [0.3, 0.4) is 0 Å². The molecule has 0 N–H and O–H groups in total. The molecule has 0 aliphatic heterocycles. The van der Waals surface area contributed by atoms with Crippen LogP contribution in [0.1, 0.15) is 28.7 Å². The zero-order valence-corrected chi connectivity index (χ0v) is 13.0. The molecule has 0 aliphatic carbocycles. The number of benzene rings is 1. The van der Waals surface area contributed by atoms with Gasteiger partial charge >= 0.3 is 0 Å². The van der Waals surface area contributed by atoms with Crippen molar-refractivity contribution in [1.29, 1.82) is 0 Å². The maximum atomic E-state index is 12.4. The summed E-state index contributed by atoms with van der Waals surface area (Å²) in [5.74, 6) is 0.538. The van der Waals surface area contributed by atoms with E-state index in [2.05, 4.69) is 5.16 Å². The van der Waals surface area contributed by atoms with E-state index in [0.29, 0.717) is 24.5 Å². The Balaban J connectivity index is 2.10. The summed E-state index contributed by atoms with van der Waals surface area (Å²) in [6.45, 7) is 4.92. The van der Waals surface area contributed by atoms with Crippen molar-refractivity contribution in [2.45, 2.75) is 20.4 Å². The van der Waals surface area contributed by atoms with E-state index in [1.807, 2.05) is 50.2 Å². The van der Waals surface area contributed by atoms with Gasteiger partial charge in [-0.1, -0.05) is 17.3 Å². The first-order chi connectivity index (χ1) is 10.0. The largest absolute Gasteiger partial charge is 0.378 e. The molecule has 0 saturated heterocycles. The Morgan fingerprint density at radius 2 is 1.90 bits per heavy atom. The van der Waals surface area contributed by atoms with Crippen LogP contribution < -0.4 is 4.90 Å². The van der Waals surface area contributed by atoms with Gasteiger partial charge in [0.15, 0.2) is 5.69 Å². The van der Waals surface area contributed by atoms with Gasteiger partial charge in [-0.05, 0) is 31.5 Å². The van der Waals surface area contributed by atoms with Gasteiger partial charge in [0.05, 0.1) is 0 Å². The number of anilines is 1. The van der Waals surface area contributed by atoms with Gasteiger partial charge in [0.1, 0.15) is 5.76 Å². The lowest BCUT2D eigenvalue weighted by molar-refractivity contribution is 0.0742. The van der Waals surface area contributed by atoms with E-state index in [1.54, 1.807) is 17.9 Å². The van der Waals surface area contributed by atoms with E-state index in [4.69, 9.17) is 4.52 Å². The van der Waals surface area contributed by atoms with Crippen LogP contribution in [0.2, 0.25) is 0 Å². The molecule has 0 bridgehead atoms. The molecule has 21 heavy (non-hydrogen) atoms. The fraction of sp³-hybridized carbons (Fsp3) is 0.375. The third-order valence-electron chi connectivity index (χ3n) is 3.34. The number of hydrogen-bond acceptors (Lipinski definition) is 4. The Morgan fingerprint density at radius 3 is 2.38 bits per heavy atom. The lowest BCUT2D eigenvalue weighted by Crippen LogP contribution is -2.30. The van der Waals surface area contributed by atoms with E-state index in [1.165, 1.54) is 0 Å². The molecule has 1 aromatic carbocycles. The summed E-state index contributed by atoms with van der Waals surface area (Å²) in [6, 6.07) is 9.85. The van der Waals surface area contributed by atoms with Gasteiger partial charge in [-0.15, -0.1) is 0 Å². The number of rotatable bonds is 5. The van der Waals surface area contributed by atoms with E-state index < -0.39 is 0 Å². The smallest absolute Gasteiger partial charge is 0.276 e. The number of hydrogen-bond donors (Lipinski definition) is 0. The van der Waals surface area contributed by atoms with Crippen LogP contribution in [0.15, 0.2) is 34.9 Å². The van der Waals surface area contributed by atoms with Crippen molar-refractivity contribution >= 4 is 11.6 Å². The number of aromatic nitrogens is 1. The topological polar surface area (TPSA) is 49.6 Å². The highest BCUT2D eigenvalue weighted by atomic mass is 16.5. The first-order valence-corrected chi connectivity index (χ1v) is 7.00. The molecule has 0 saturated carbocycles. The Morgan fingerprint density at radius 1 is 1.24 bits per heavy atom. The van der Waals surface area contributed by atoms with E-state index >= 15 is 0 Å². The van der Waals surface area contributed by atoms with Crippen molar-refractivity contribution in [2.75, 3.05) is 25.5 Å². The highest BCUT2D eigenvalue weighted by Crippen LogP contribution is 2.15. The molecule has 1 heterocycles. The zero-order chi connectivity index (χ0) is 15.4. The summed E-state index contributed by atoms with van der Waals surface area (Å²) in [5.41, 5.74) is 2.59. The Kier molecular flexibility index (Phi) is 4.62. The summed E-state index contributed by atoms with van der Waals surface area (Å²) in [7, 11) is 4.01. The Hall–Kier alpha value is -2.30. The highest BCUT2D eigenvalue weighted by Gasteiger charge is 2.18. The normalized spacial score (nSPS) is 10.5. The van der Waals surface area contributed by atoms with Gasteiger partial charge in [0, 0.05) is 38.9 Å². The molecule has 0 atom stereocenters. The summed E-state index contributed by atoms with van der Waals surface area (Å²) < 4.78 is 4.97. The average Bonchev–Trinajstić information content (AvgIpc) is 2.91.